The summed E-state index contributed by atoms with van der Waals surface area (Å²) in [6.45, 7) is 2.26. The minimum absolute atomic E-state index is 0.248. The van der Waals surface area contributed by atoms with E-state index in [1.165, 1.54) is 36.8 Å². The second-order valence-electron chi connectivity index (χ2n) is 6.85. The first kappa shape index (κ1) is 15.3. The topological polar surface area (TPSA) is 6.48 Å². The summed E-state index contributed by atoms with van der Waals surface area (Å²) >= 11 is 0. The third-order valence-electron chi connectivity index (χ3n) is 5.26. The third kappa shape index (κ3) is 3.50. The summed E-state index contributed by atoms with van der Waals surface area (Å²) in [5.41, 5.74) is 2.93. The summed E-state index contributed by atoms with van der Waals surface area (Å²) in [5.74, 6) is 0. The van der Waals surface area contributed by atoms with Crippen molar-refractivity contribution in [2.45, 2.75) is 50.9 Å². The fraction of sp³-hybridized carbons (Fsp3) is 0.400. The van der Waals surface area contributed by atoms with Crippen molar-refractivity contribution >= 4 is 8.88 Å². The zero-order chi connectivity index (χ0) is 15.5. The molecule has 3 heteroatoms. The van der Waals surface area contributed by atoms with Crippen LogP contribution in [0, 0.1) is 0 Å². The van der Waals surface area contributed by atoms with Gasteiger partial charge in [-0.15, -0.1) is 0 Å². The molecule has 120 valence electrons. The average molecular weight is 325 g/mol. The first-order valence-electron chi connectivity index (χ1n) is 8.84. The number of nitrogens with zero attached hydrogens (tertiary/aromatic N) is 2. The van der Waals surface area contributed by atoms with Gasteiger partial charge in [-0.3, -0.25) is 0 Å². The summed E-state index contributed by atoms with van der Waals surface area (Å²) in [5, 5.41) is 0. The Balaban J connectivity index is 1.50. The number of rotatable bonds is 4. The van der Waals surface area contributed by atoms with Gasteiger partial charge in [0.15, 0.2) is 0 Å². The molecular formula is C20H26N2P+. The van der Waals surface area contributed by atoms with Crippen LogP contribution in [0.15, 0.2) is 60.7 Å². The summed E-state index contributed by atoms with van der Waals surface area (Å²) < 4.78 is 5.59. The highest BCUT2D eigenvalue weighted by molar-refractivity contribution is 7.32. The molecule has 2 aromatic rings. The second kappa shape index (κ2) is 7.13. The monoisotopic (exact) mass is 325 g/mol. The van der Waals surface area contributed by atoms with Crippen molar-refractivity contribution in [2.75, 3.05) is 0 Å². The normalized spacial score (nSPS) is 25.4. The molecule has 1 aliphatic heterocycles. The van der Waals surface area contributed by atoms with Gasteiger partial charge in [0.05, 0.1) is 25.2 Å². The summed E-state index contributed by atoms with van der Waals surface area (Å²) in [7, 11) is 0.248. The van der Waals surface area contributed by atoms with Crippen LogP contribution in [0.2, 0.25) is 0 Å². The van der Waals surface area contributed by atoms with Crippen molar-refractivity contribution in [3.8, 4) is 0 Å². The Hall–Kier alpha value is -1.21. The van der Waals surface area contributed by atoms with Crippen LogP contribution >= 0.6 is 8.88 Å². The molecule has 2 aromatic carbocycles. The molecule has 23 heavy (non-hydrogen) atoms. The van der Waals surface area contributed by atoms with E-state index in [9.17, 15) is 0 Å². The van der Waals surface area contributed by atoms with Gasteiger partial charge in [0.1, 0.15) is 8.88 Å². The van der Waals surface area contributed by atoms with E-state index < -0.39 is 0 Å². The standard InChI is InChI=1S/C20H25N2P/c1-3-9-17(10-4-1)15-21-19-13-7-8-14-20(19)22(23-21)16-18-11-5-2-6-12-18/h1-6,9-12,19-20,23H,7-8,13-16H2/p+1/t19-,20-/m1/s1. The lowest BCUT2D eigenvalue weighted by Gasteiger charge is -2.28. The van der Waals surface area contributed by atoms with Crippen LogP contribution in [0.4, 0.5) is 0 Å². The minimum atomic E-state index is 0.248. The Bertz CT molecular complexity index is 561. The van der Waals surface area contributed by atoms with Gasteiger partial charge < -0.3 is 0 Å². The van der Waals surface area contributed by atoms with Crippen molar-refractivity contribution in [1.82, 2.24) is 9.34 Å². The summed E-state index contributed by atoms with van der Waals surface area (Å²) in [6.07, 6.45) is 5.59. The maximum Gasteiger partial charge on any atom is 0.127 e. The van der Waals surface area contributed by atoms with Gasteiger partial charge in [-0.25, -0.2) is 0 Å². The number of fused-ring (bicyclic) bond motifs is 1. The lowest BCUT2D eigenvalue weighted by molar-refractivity contribution is 0.197. The fourth-order valence-electron chi connectivity index (χ4n) is 4.13. The molecule has 0 N–H and O–H groups in total. The maximum absolute atomic E-state index is 2.79. The van der Waals surface area contributed by atoms with Gasteiger partial charge in [0, 0.05) is 0 Å². The summed E-state index contributed by atoms with van der Waals surface area (Å²) in [4.78, 5) is 0. The molecule has 2 atom stereocenters. The second-order valence-corrected chi connectivity index (χ2v) is 8.41. The first-order chi connectivity index (χ1) is 11.4. The highest BCUT2D eigenvalue weighted by Crippen LogP contribution is 2.46. The Morgan fingerprint density at radius 1 is 0.696 bits per heavy atom. The molecule has 1 heterocycles. The molecule has 1 aliphatic carbocycles. The van der Waals surface area contributed by atoms with Crippen LogP contribution in [0.3, 0.4) is 0 Å². The van der Waals surface area contributed by atoms with Crippen LogP contribution in [0.1, 0.15) is 36.8 Å². The highest BCUT2D eigenvalue weighted by Gasteiger charge is 2.46. The lowest BCUT2D eigenvalue weighted by Crippen LogP contribution is -2.39. The minimum Gasteiger partial charge on any atom is -0.159 e. The number of hydrogen-bond acceptors (Lipinski definition) is 2. The molecule has 0 spiro atoms. The Morgan fingerprint density at radius 2 is 1.13 bits per heavy atom. The zero-order valence-electron chi connectivity index (χ0n) is 13.6. The van der Waals surface area contributed by atoms with E-state index >= 15 is 0 Å². The van der Waals surface area contributed by atoms with E-state index in [1.807, 2.05) is 0 Å². The smallest absolute Gasteiger partial charge is 0.127 e. The van der Waals surface area contributed by atoms with Crippen molar-refractivity contribution in [1.29, 1.82) is 0 Å². The van der Waals surface area contributed by atoms with Crippen LogP contribution in [0.25, 0.3) is 0 Å². The Morgan fingerprint density at radius 3 is 1.57 bits per heavy atom. The molecule has 2 fully saturated rings. The predicted molar refractivity (Wildman–Crippen MR) is 99.7 cm³/mol. The Kier molecular flexibility index (Phi) is 4.75. The maximum atomic E-state index is 2.79. The number of hydrogen-bond donors (Lipinski definition) is 0. The lowest BCUT2D eigenvalue weighted by atomic mass is 9.90. The fourth-order valence-corrected chi connectivity index (χ4v) is 6.14. The molecule has 0 unspecified atom stereocenters. The molecule has 1 saturated heterocycles. The molecule has 4 rings (SSSR count). The quantitative estimate of drug-likeness (QED) is 0.761. The summed E-state index contributed by atoms with van der Waals surface area (Å²) in [6, 6.07) is 23.6. The molecule has 0 radical (unpaired) electrons. The third-order valence-corrected chi connectivity index (χ3v) is 6.98. The van der Waals surface area contributed by atoms with Crippen molar-refractivity contribution < 1.29 is 0 Å². The average Bonchev–Trinajstić information content (AvgIpc) is 2.95. The van der Waals surface area contributed by atoms with Crippen LogP contribution in [0.5, 0.6) is 0 Å². The molecule has 1 saturated carbocycles. The van der Waals surface area contributed by atoms with Gasteiger partial charge in [-0.2, -0.15) is 9.34 Å². The van der Waals surface area contributed by atoms with E-state index in [0.29, 0.717) is 0 Å². The zero-order valence-corrected chi connectivity index (χ0v) is 14.8. The molecular weight excluding hydrogens is 299 g/mol. The highest BCUT2D eigenvalue weighted by atomic mass is 31.1. The van der Waals surface area contributed by atoms with Crippen LogP contribution < -0.4 is 0 Å². The van der Waals surface area contributed by atoms with Gasteiger partial charge in [-0.05, 0) is 24.0 Å². The van der Waals surface area contributed by atoms with Gasteiger partial charge in [0.2, 0.25) is 0 Å². The Labute approximate surface area is 141 Å². The molecule has 2 aliphatic rings. The van der Waals surface area contributed by atoms with E-state index in [-0.39, 0.29) is 8.88 Å². The van der Waals surface area contributed by atoms with Crippen molar-refractivity contribution in [2.24, 2.45) is 0 Å². The molecule has 2 nitrogen and oxygen atoms in total. The van der Waals surface area contributed by atoms with E-state index in [4.69, 9.17) is 0 Å². The van der Waals surface area contributed by atoms with Crippen molar-refractivity contribution in [3.63, 3.8) is 0 Å². The van der Waals surface area contributed by atoms with Gasteiger partial charge in [-0.1, -0.05) is 73.5 Å². The van der Waals surface area contributed by atoms with Crippen molar-refractivity contribution in [3.05, 3.63) is 71.8 Å². The van der Waals surface area contributed by atoms with Gasteiger partial charge in [0.25, 0.3) is 0 Å². The molecule has 0 aromatic heterocycles. The SMILES string of the molecule is c1ccc(CN2[PH2+]N(Cc3ccccc3)[C@@H]3CCCC[C@H]32)cc1. The predicted octanol–water partition coefficient (Wildman–Crippen LogP) is 4.56. The van der Waals surface area contributed by atoms with E-state index in [2.05, 4.69) is 70.0 Å². The van der Waals surface area contributed by atoms with Crippen LogP contribution in [-0.4, -0.2) is 21.4 Å². The largest absolute Gasteiger partial charge is 0.159 e. The molecule has 0 amide bonds. The van der Waals surface area contributed by atoms with Gasteiger partial charge >= 0.3 is 0 Å². The van der Waals surface area contributed by atoms with E-state index in [0.717, 1.165) is 25.2 Å². The van der Waals surface area contributed by atoms with E-state index in [1.54, 1.807) is 0 Å². The molecule has 0 bridgehead atoms. The first-order valence-corrected chi connectivity index (χ1v) is 9.88. The number of benzene rings is 2. The van der Waals surface area contributed by atoms with Crippen LogP contribution in [-0.2, 0) is 13.1 Å².